The number of likely N-dealkylation sites (tertiary alicyclic amines) is 1. The molecule has 0 spiro atoms. The van der Waals surface area contributed by atoms with Crippen molar-refractivity contribution in [1.82, 2.24) is 14.9 Å². The van der Waals surface area contributed by atoms with Gasteiger partial charge < -0.3 is 24.8 Å². The van der Waals surface area contributed by atoms with E-state index in [2.05, 4.69) is 15.3 Å². The summed E-state index contributed by atoms with van der Waals surface area (Å²) in [7, 11) is 1.54. The number of hydrogen-bond donors (Lipinski definition) is 2. The van der Waals surface area contributed by atoms with Crippen molar-refractivity contribution < 1.29 is 23.8 Å². The Balaban J connectivity index is 1.69. The third-order valence-electron chi connectivity index (χ3n) is 5.15. The molecule has 0 radical (unpaired) electrons. The number of hydrogen-bond acceptors (Lipinski definition) is 6. The predicted octanol–water partition coefficient (Wildman–Crippen LogP) is 4.70. The largest absolute Gasteiger partial charge is 0.497 e. The van der Waals surface area contributed by atoms with E-state index in [1.165, 1.54) is 30.5 Å². The molecule has 2 aromatic carbocycles. The average molecular weight is 447 g/mol. The number of ether oxygens (including phenoxy) is 2. The molecule has 1 aliphatic rings. The molecule has 162 valence electrons. The molecule has 1 fully saturated rings. The highest BCUT2D eigenvalue weighted by molar-refractivity contribution is 6.31. The highest BCUT2D eigenvalue weighted by Gasteiger charge is 2.29. The molecule has 1 amide bonds. The van der Waals surface area contributed by atoms with Crippen molar-refractivity contribution in [2.24, 2.45) is 0 Å². The summed E-state index contributed by atoms with van der Waals surface area (Å²) in [4.78, 5) is 21.4. The Bertz CT molecular complexity index is 1130. The molecule has 8 nitrogen and oxygen atoms in total. The standard InChI is InChI=1S/C21H20ClFN4O4/c1-30-14-8-17-19(18(9-14)31-10-13-3-2-6-27(13)21(28)29)20(25-11-24-17)26-12-4-5-16(23)15(22)7-12/h4-5,7-9,11,13H,2-3,6,10H2,1H3,(H,28,29)(H,24,25,26)/t13-/m0/s1. The van der Waals surface area contributed by atoms with E-state index >= 15 is 0 Å². The maximum absolute atomic E-state index is 13.5. The second kappa shape index (κ2) is 8.81. The van der Waals surface area contributed by atoms with Crippen molar-refractivity contribution >= 4 is 40.1 Å². The molecule has 10 heteroatoms. The van der Waals surface area contributed by atoms with Gasteiger partial charge in [-0.15, -0.1) is 0 Å². The topological polar surface area (TPSA) is 96.8 Å². The van der Waals surface area contributed by atoms with E-state index < -0.39 is 11.9 Å². The zero-order chi connectivity index (χ0) is 22.0. The van der Waals surface area contributed by atoms with Gasteiger partial charge in [-0.05, 0) is 31.0 Å². The summed E-state index contributed by atoms with van der Waals surface area (Å²) in [6, 6.07) is 7.46. The lowest BCUT2D eigenvalue weighted by atomic mass is 10.2. The maximum atomic E-state index is 13.5. The second-order valence-corrected chi connectivity index (χ2v) is 7.49. The zero-order valence-corrected chi connectivity index (χ0v) is 17.4. The van der Waals surface area contributed by atoms with Gasteiger partial charge in [0.25, 0.3) is 0 Å². The van der Waals surface area contributed by atoms with Crippen LogP contribution in [0.15, 0.2) is 36.7 Å². The van der Waals surface area contributed by atoms with Crippen molar-refractivity contribution in [1.29, 1.82) is 0 Å². The molecule has 0 saturated carbocycles. The SMILES string of the molecule is COc1cc(OC[C@@H]2CCCN2C(=O)O)c2c(Nc3ccc(F)c(Cl)c3)ncnc2c1. The Morgan fingerprint density at radius 1 is 1.35 bits per heavy atom. The minimum atomic E-state index is -0.958. The van der Waals surface area contributed by atoms with Gasteiger partial charge in [0.2, 0.25) is 0 Å². The minimum Gasteiger partial charge on any atom is -0.497 e. The van der Waals surface area contributed by atoms with E-state index in [1.807, 2.05) is 0 Å². The molecule has 4 rings (SSSR count). The molecular weight excluding hydrogens is 427 g/mol. The van der Waals surface area contributed by atoms with Crippen LogP contribution >= 0.6 is 11.6 Å². The molecule has 1 atom stereocenters. The van der Waals surface area contributed by atoms with Crippen molar-refractivity contribution in [3.8, 4) is 11.5 Å². The number of rotatable bonds is 6. The number of aromatic nitrogens is 2. The molecule has 0 bridgehead atoms. The van der Waals surface area contributed by atoms with E-state index in [4.69, 9.17) is 21.1 Å². The molecule has 3 aromatic rings. The summed E-state index contributed by atoms with van der Waals surface area (Å²) in [6.45, 7) is 0.675. The van der Waals surface area contributed by atoms with Crippen LogP contribution < -0.4 is 14.8 Å². The fourth-order valence-corrected chi connectivity index (χ4v) is 3.79. The van der Waals surface area contributed by atoms with Gasteiger partial charge in [0, 0.05) is 24.4 Å². The molecule has 1 aromatic heterocycles. The quantitative estimate of drug-likeness (QED) is 0.566. The van der Waals surface area contributed by atoms with Crippen LogP contribution in [0.5, 0.6) is 11.5 Å². The number of benzene rings is 2. The van der Waals surface area contributed by atoms with Crippen molar-refractivity contribution in [2.45, 2.75) is 18.9 Å². The first-order valence-electron chi connectivity index (χ1n) is 9.63. The molecule has 2 N–H and O–H groups in total. The van der Waals surface area contributed by atoms with E-state index in [9.17, 15) is 14.3 Å². The van der Waals surface area contributed by atoms with Crippen LogP contribution in [-0.4, -0.2) is 52.4 Å². The summed E-state index contributed by atoms with van der Waals surface area (Å²) in [5.41, 5.74) is 1.11. The molecule has 31 heavy (non-hydrogen) atoms. The van der Waals surface area contributed by atoms with Crippen LogP contribution in [0.4, 0.5) is 20.7 Å². The van der Waals surface area contributed by atoms with Crippen LogP contribution in [0.2, 0.25) is 5.02 Å². The molecular formula is C21H20ClFN4O4. The fraction of sp³-hybridized carbons (Fsp3) is 0.286. The normalized spacial score (nSPS) is 15.8. The van der Waals surface area contributed by atoms with Crippen LogP contribution in [-0.2, 0) is 0 Å². The van der Waals surface area contributed by atoms with Gasteiger partial charge in [-0.25, -0.2) is 19.2 Å². The van der Waals surface area contributed by atoms with Crippen molar-refractivity contribution in [3.05, 3.63) is 47.5 Å². The highest BCUT2D eigenvalue weighted by atomic mass is 35.5. The number of methoxy groups -OCH3 is 1. The van der Waals surface area contributed by atoms with Gasteiger partial charge >= 0.3 is 6.09 Å². The summed E-state index contributed by atoms with van der Waals surface area (Å²) in [6.07, 6.45) is 1.95. The molecule has 0 unspecified atom stereocenters. The van der Waals surface area contributed by atoms with Gasteiger partial charge in [0.15, 0.2) is 0 Å². The molecule has 1 saturated heterocycles. The monoisotopic (exact) mass is 446 g/mol. The van der Waals surface area contributed by atoms with Gasteiger partial charge in [-0.3, -0.25) is 0 Å². The molecule has 0 aliphatic carbocycles. The smallest absolute Gasteiger partial charge is 0.407 e. The number of amides is 1. The molecule has 1 aliphatic heterocycles. The van der Waals surface area contributed by atoms with E-state index in [0.717, 1.165) is 12.8 Å². The Morgan fingerprint density at radius 3 is 2.94 bits per heavy atom. The predicted molar refractivity (Wildman–Crippen MR) is 114 cm³/mol. The molecule has 2 heterocycles. The number of halogens is 2. The first-order chi connectivity index (χ1) is 15.0. The average Bonchev–Trinajstić information content (AvgIpc) is 3.23. The third kappa shape index (κ3) is 4.41. The Labute approximate surface area is 182 Å². The first-order valence-corrected chi connectivity index (χ1v) is 10.0. The zero-order valence-electron chi connectivity index (χ0n) is 16.6. The van der Waals surface area contributed by atoms with E-state index in [0.29, 0.717) is 40.5 Å². The number of nitrogens with zero attached hydrogens (tertiary/aromatic N) is 3. The third-order valence-corrected chi connectivity index (χ3v) is 5.44. The van der Waals surface area contributed by atoms with Gasteiger partial charge in [0.05, 0.1) is 29.1 Å². The van der Waals surface area contributed by atoms with Gasteiger partial charge in [-0.1, -0.05) is 11.6 Å². The lowest BCUT2D eigenvalue weighted by Gasteiger charge is -2.22. The summed E-state index contributed by atoms with van der Waals surface area (Å²) in [5, 5.41) is 13.1. The fourth-order valence-electron chi connectivity index (χ4n) is 3.61. The first kappa shape index (κ1) is 20.9. The Hall–Kier alpha value is -3.33. The van der Waals surface area contributed by atoms with Gasteiger partial charge in [0.1, 0.15) is 36.1 Å². The Morgan fingerprint density at radius 2 is 2.19 bits per heavy atom. The van der Waals surface area contributed by atoms with Gasteiger partial charge in [-0.2, -0.15) is 0 Å². The van der Waals surface area contributed by atoms with Crippen LogP contribution in [0.25, 0.3) is 10.9 Å². The summed E-state index contributed by atoms with van der Waals surface area (Å²) >= 11 is 5.89. The van der Waals surface area contributed by atoms with Crippen molar-refractivity contribution in [3.63, 3.8) is 0 Å². The lowest BCUT2D eigenvalue weighted by molar-refractivity contribution is 0.123. The number of anilines is 2. The van der Waals surface area contributed by atoms with E-state index in [1.54, 1.807) is 18.2 Å². The summed E-state index contributed by atoms with van der Waals surface area (Å²) in [5.74, 6) is 0.904. The van der Waals surface area contributed by atoms with E-state index in [-0.39, 0.29) is 17.7 Å². The van der Waals surface area contributed by atoms with Crippen molar-refractivity contribution in [2.75, 3.05) is 25.6 Å². The maximum Gasteiger partial charge on any atom is 0.407 e. The highest BCUT2D eigenvalue weighted by Crippen LogP contribution is 2.36. The number of fused-ring (bicyclic) bond motifs is 1. The van der Waals surface area contributed by atoms with Crippen LogP contribution in [0.1, 0.15) is 12.8 Å². The number of carboxylic acid groups (broad SMARTS) is 1. The second-order valence-electron chi connectivity index (χ2n) is 7.08. The lowest BCUT2D eigenvalue weighted by Crippen LogP contribution is -2.38. The minimum absolute atomic E-state index is 0.0171. The number of nitrogens with one attached hydrogen (secondary N) is 1. The van der Waals surface area contributed by atoms with Crippen LogP contribution in [0, 0.1) is 5.82 Å². The summed E-state index contributed by atoms with van der Waals surface area (Å²) < 4.78 is 24.9. The Kier molecular flexibility index (Phi) is 5.94. The van der Waals surface area contributed by atoms with Crippen LogP contribution in [0.3, 0.4) is 0 Å². The number of carbonyl (C=O) groups is 1.